The number of ether oxygens (including phenoxy) is 2. The van der Waals surface area contributed by atoms with Crippen molar-refractivity contribution in [2.24, 2.45) is 0 Å². The van der Waals surface area contributed by atoms with Gasteiger partial charge in [0, 0.05) is 24.4 Å². The molecule has 1 fully saturated rings. The summed E-state index contributed by atoms with van der Waals surface area (Å²) in [4.78, 5) is 32.1. The van der Waals surface area contributed by atoms with Crippen LogP contribution in [0.2, 0.25) is 0 Å². The van der Waals surface area contributed by atoms with E-state index < -0.39 is 5.60 Å². The van der Waals surface area contributed by atoms with Crippen LogP contribution in [0.5, 0.6) is 11.5 Å². The maximum absolute atomic E-state index is 12.6. The van der Waals surface area contributed by atoms with E-state index in [2.05, 4.69) is 37.4 Å². The molecule has 1 unspecified atom stereocenters. The van der Waals surface area contributed by atoms with Crippen LogP contribution in [0.15, 0.2) is 67.3 Å². The number of fused-ring (bicyclic) bond motifs is 1. The van der Waals surface area contributed by atoms with Crippen LogP contribution in [0, 0.1) is 0 Å². The molecule has 4 aromatic rings. The quantitative estimate of drug-likeness (QED) is 0.354. The van der Waals surface area contributed by atoms with Gasteiger partial charge in [-0.1, -0.05) is 24.3 Å². The van der Waals surface area contributed by atoms with Gasteiger partial charge in [-0.25, -0.2) is 24.7 Å². The van der Waals surface area contributed by atoms with Crippen molar-refractivity contribution in [3.05, 3.63) is 72.8 Å². The van der Waals surface area contributed by atoms with Crippen molar-refractivity contribution in [3.63, 3.8) is 0 Å². The molecule has 9 heteroatoms. The topological polar surface area (TPSA) is 102 Å². The van der Waals surface area contributed by atoms with Gasteiger partial charge in [-0.05, 0) is 63.4 Å². The van der Waals surface area contributed by atoms with Gasteiger partial charge in [0.1, 0.15) is 23.5 Å². The molecule has 3 heterocycles. The van der Waals surface area contributed by atoms with E-state index in [9.17, 15) is 4.79 Å². The van der Waals surface area contributed by atoms with E-state index >= 15 is 0 Å². The molecule has 0 radical (unpaired) electrons. The van der Waals surface area contributed by atoms with Crippen LogP contribution in [-0.4, -0.2) is 49.6 Å². The monoisotopic (exact) mass is 498 g/mol. The number of nitrogens with zero attached hydrogens (tertiary/aromatic N) is 5. The molecule has 0 saturated carbocycles. The van der Waals surface area contributed by atoms with Crippen LogP contribution in [0.4, 0.5) is 16.6 Å². The number of hydrogen-bond donors (Lipinski definition) is 1. The van der Waals surface area contributed by atoms with Gasteiger partial charge in [0.05, 0.1) is 17.9 Å². The summed E-state index contributed by atoms with van der Waals surface area (Å²) in [6, 6.07) is 15.6. The highest BCUT2D eigenvalue weighted by Gasteiger charge is 2.28. The Labute approximate surface area is 215 Å². The number of aromatic nitrogens is 4. The summed E-state index contributed by atoms with van der Waals surface area (Å²) in [5.74, 6) is 2.47. The predicted molar refractivity (Wildman–Crippen MR) is 141 cm³/mol. The first-order valence-electron chi connectivity index (χ1n) is 12.4. The zero-order valence-electron chi connectivity index (χ0n) is 21.2. The van der Waals surface area contributed by atoms with Gasteiger partial charge in [0.2, 0.25) is 5.95 Å². The van der Waals surface area contributed by atoms with Crippen molar-refractivity contribution in [3.8, 4) is 11.5 Å². The molecule has 0 bridgehead atoms. The zero-order valence-corrected chi connectivity index (χ0v) is 21.2. The van der Waals surface area contributed by atoms with Crippen LogP contribution in [0.25, 0.3) is 10.9 Å². The van der Waals surface area contributed by atoms with Gasteiger partial charge in [-0.15, -0.1) is 0 Å². The number of nitrogens with one attached hydrogen (secondary N) is 1. The third-order valence-electron chi connectivity index (χ3n) is 6.04. The van der Waals surface area contributed by atoms with Gasteiger partial charge in [0.15, 0.2) is 5.75 Å². The minimum absolute atomic E-state index is 0.199. The summed E-state index contributed by atoms with van der Waals surface area (Å²) in [6.45, 7) is 6.98. The molecule has 1 saturated heterocycles. The van der Waals surface area contributed by atoms with Crippen molar-refractivity contribution in [1.82, 2.24) is 24.8 Å². The third kappa shape index (κ3) is 6.11. The molecule has 0 aliphatic carbocycles. The SMILES string of the molecule is CC(C)(C)OC(=O)N1CCCC(c2ccc3ncnc(Nc4ncc(Oc5ccccc5)cn4)c3c2)C1. The first-order valence-corrected chi connectivity index (χ1v) is 12.4. The third-order valence-corrected chi connectivity index (χ3v) is 6.04. The first-order chi connectivity index (χ1) is 17.8. The second kappa shape index (κ2) is 10.4. The molecule has 190 valence electrons. The van der Waals surface area contributed by atoms with E-state index in [1.165, 1.54) is 6.33 Å². The highest BCUT2D eigenvalue weighted by atomic mass is 16.6. The van der Waals surface area contributed by atoms with Crippen LogP contribution < -0.4 is 10.1 Å². The fourth-order valence-electron chi connectivity index (χ4n) is 4.33. The van der Waals surface area contributed by atoms with Crippen LogP contribution in [0.1, 0.15) is 45.1 Å². The molecule has 0 spiro atoms. The Balaban J connectivity index is 1.33. The van der Waals surface area contributed by atoms with E-state index in [4.69, 9.17) is 9.47 Å². The Kier molecular flexibility index (Phi) is 6.85. The lowest BCUT2D eigenvalue weighted by Gasteiger charge is -2.34. The molecule has 37 heavy (non-hydrogen) atoms. The molecule has 1 N–H and O–H groups in total. The Morgan fingerprint density at radius 2 is 1.78 bits per heavy atom. The van der Waals surface area contributed by atoms with Crippen molar-refractivity contribution < 1.29 is 14.3 Å². The lowest BCUT2D eigenvalue weighted by atomic mass is 9.90. The average Bonchev–Trinajstić information content (AvgIpc) is 2.89. The molecular formula is C28H30N6O3. The number of carbonyl (C=O) groups excluding carboxylic acids is 1. The standard InChI is InChI=1S/C28H30N6O3/c1-28(2,3)37-27(35)34-13-7-8-20(17-34)19-11-12-24-23(14-19)25(32-18-31-24)33-26-29-15-22(16-30-26)36-21-9-5-4-6-10-21/h4-6,9-12,14-16,18,20H,7-8,13,17H2,1-3H3,(H,29,30,31,32,33). The van der Waals surface area contributed by atoms with Gasteiger partial charge in [-0.2, -0.15) is 0 Å². The van der Waals surface area contributed by atoms with Crippen LogP contribution >= 0.6 is 0 Å². The number of likely N-dealkylation sites (tertiary alicyclic amines) is 1. The van der Waals surface area contributed by atoms with Crippen LogP contribution in [-0.2, 0) is 4.74 Å². The fourth-order valence-corrected chi connectivity index (χ4v) is 4.33. The molecule has 9 nitrogen and oxygen atoms in total. The highest BCUT2D eigenvalue weighted by molar-refractivity contribution is 5.90. The Bertz CT molecular complexity index is 1370. The Morgan fingerprint density at radius 1 is 1.00 bits per heavy atom. The van der Waals surface area contributed by atoms with E-state index in [-0.39, 0.29) is 12.0 Å². The molecule has 5 rings (SSSR count). The van der Waals surface area contributed by atoms with Gasteiger partial charge >= 0.3 is 6.09 Å². The molecule has 1 aliphatic rings. The summed E-state index contributed by atoms with van der Waals surface area (Å²) in [6.07, 6.45) is 6.40. The summed E-state index contributed by atoms with van der Waals surface area (Å²) in [5.41, 5.74) is 1.43. The highest BCUT2D eigenvalue weighted by Crippen LogP contribution is 2.32. The number of para-hydroxylation sites is 1. The maximum atomic E-state index is 12.6. The minimum Gasteiger partial charge on any atom is -0.454 e. The minimum atomic E-state index is -0.515. The van der Waals surface area contributed by atoms with Crippen molar-refractivity contribution >= 4 is 28.8 Å². The van der Waals surface area contributed by atoms with Crippen molar-refractivity contribution in [2.45, 2.75) is 45.1 Å². The molecule has 1 amide bonds. The van der Waals surface area contributed by atoms with Gasteiger partial charge in [0.25, 0.3) is 0 Å². The number of carbonyl (C=O) groups is 1. The number of rotatable bonds is 5. The predicted octanol–water partition coefficient (Wildman–Crippen LogP) is 6.07. The lowest BCUT2D eigenvalue weighted by molar-refractivity contribution is 0.0198. The normalized spacial score (nSPS) is 15.9. The summed E-state index contributed by atoms with van der Waals surface area (Å²) >= 11 is 0. The van der Waals surface area contributed by atoms with Crippen molar-refractivity contribution in [2.75, 3.05) is 18.4 Å². The number of amides is 1. The summed E-state index contributed by atoms with van der Waals surface area (Å²) < 4.78 is 11.4. The molecule has 2 aromatic carbocycles. The fraction of sp³-hybridized carbons (Fsp3) is 0.321. The molecule has 1 aliphatic heterocycles. The zero-order chi connectivity index (χ0) is 25.8. The molecule has 1 atom stereocenters. The largest absolute Gasteiger partial charge is 0.454 e. The van der Waals surface area contributed by atoms with Gasteiger partial charge in [-0.3, -0.25) is 0 Å². The number of hydrogen-bond acceptors (Lipinski definition) is 8. The first kappa shape index (κ1) is 24.4. The summed E-state index contributed by atoms with van der Waals surface area (Å²) in [7, 11) is 0. The van der Waals surface area contributed by atoms with Crippen molar-refractivity contribution in [1.29, 1.82) is 0 Å². The lowest BCUT2D eigenvalue weighted by Crippen LogP contribution is -2.42. The molecular weight excluding hydrogens is 468 g/mol. The number of anilines is 2. The second-order valence-electron chi connectivity index (χ2n) is 10.0. The summed E-state index contributed by atoms with van der Waals surface area (Å²) in [5, 5.41) is 4.07. The van der Waals surface area contributed by atoms with E-state index in [1.54, 1.807) is 17.3 Å². The van der Waals surface area contributed by atoms with E-state index in [0.29, 0.717) is 36.4 Å². The molecule has 2 aromatic heterocycles. The van der Waals surface area contributed by atoms with E-state index in [0.717, 1.165) is 29.3 Å². The number of piperidine rings is 1. The smallest absolute Gasteiger partial charge is 0.410 e. The number of benzene rings is 2. The Morgan fingerprint density at radius 3 is 2.54 bits per heavy atom. The maximum Gasteiger partial charge on any atom is 0.410 e. The van der Waals surface area contributed by atoms with Crippen LogP contribution in [0.3, 0.4) is 0 Å². The Hall–Kier alpha value is -4.27. The average molecular weight is 499 g/mol. The van der Waals surface area contributed by atoms with E-state index in [1.807, 2.05) is 57.2 Å². The van der Waals surface area contributed by atoms with Gasteiger partial charge < -0.3 is 19.7 Å². The second-order valence-corrected chi connectivity index (χ2v) is 10.0.